The third kappa shape index (κ3) is 32.1. The van der Waals surface area contributed by atoms with E-state index in [0.717, 1.165) is 24.8 Å². The second-order valence-electron chi connectivity index (χ2n) is 20.4. The predicted molar refractivity (Wildman–Crippen MR) is 347 cm³/mol. The third-order valence-electron chi connectivity index (χ3n) is 11.9. The third-order valence-corrected chi connectivity index (χ3v) is 11.9. The number of aryl methyl sites for hydroxylation is 1. The number of esters is 4. The smallest absolute Gasteiger partial charge is 0.338 e. The molecule has 494 valence electrons. The summed E-state index contributed by atoms with van der Waals surface area (Å²) in [5, 5.41) is 89.3. The number of rotatable bonds is 18. The standard InChI is InChI=1S/C14H12O3.2C11H14O3.2C10H12O3.C9H10O3.C7H6O3/c15-13-8-6-12(7-9-13)14(16)17-10-11-4-2-1-3-5-11;1-7(2)5-8-6-9(12)3-4-10(8)11(13)14;1-2-3-4-8-7-9(12)5-6-10(8)11(13)14;1-7(2)13-10(12)8-3-5-9(11)6-4-8;1-2-7-13-10(12)8-3-5-9(11)6-4-8;1-2-12-9(11)7-3-5-8(10)6-4-7;8-6-3-1-5(2-4-6)7(9)10/h1-9,15H,10H2;3-4,6-7,12H,5H2,1-2H3,(H,13,14);5-7,12H,2-4H2,1H3,(H,13,14);3-7,11H,1-2H3;3-6,11H,2,7H2,1H3;3-6,10H,2H2,1H3;1-4,8H,(H,9,10). The topological polar surface area (TPSA) is 359 Å². The zero-order valence-electron chi connectivity index (χ0n) is 52.7. The molecule has 8 aromatic rings. The second kappa shape index (κ2) is 42.6. The van der Waals surface area contributed by atoms with Crippen LogP contribution >= 0.6 is 0 Å². The Labute approximate surface area is 539 Å². The molecule has 0 saturated heterocycles. The summed E-state index contributed by atoms with van der Waals surface area (Å²) >= 11 is 0. The lowest BCUT2D eigenvalue weighted by Gasteiger charge is -2.08. The minimum atomic E-state index is -0.986. The molecular weight excluding hydrogens is 1200 g/mol. The first-order valence-electron chi connectivity index (χ1n) is 29.2. The number of hydrogen-bond acceptors (Lipinski definition) is 18. The van der Waals surface area contributed by atoms with Crippen molar-refractivity contribution in [2.45, 2.75) is 93.3 Å². The maximum Gasteiger partial charge on any atom is 0.338 e. The first kappa shape index (κ1) is 77.7. The van der Waals surface area contributed by atoms with Gasteiger partial charge in [-0.2, -0.15) is 0 Å². The zero-order chi connectivity index (χ0) is 69.4. The number of carboxylic acid groups (broad SMARTS) is 3. The van der Waals surface area contributed by atoms with Crippen molar-refractivity contribution >= 4 is 41.8 Å². The van der Waals surface area contributed by atoms with E-state index in [0.29, 0.717) is 65.4 Å². The maximum absolute atomic E-state index is 11.6. The van der Waals surface area contributed by atoms with Crippen LogP contribution in [0.5, 0.6) is 40.2 Å². The van der Waals surface area contributed by atoms with Gasteiger partial charge in [-0.15, -0.1) is 0 Å². The highest BCUT2D eigenvalue weighted by molar-refractivity contribution is 5.92. The minimum Gasteiger partial charge on any atom is -0.508 e. The quantitative estimate of drug-likeness (QED) is 0.0282. The van der Waals surface area contributed by atoms with Crippen molar-refractivity contribution in [3.05, 3.63) is 244 Å². The van der Waals surface area contributed by atoms with Crippen LogP contribution in [0, 0.1) is 5.92 Å². The van der Waals surface area contributed by atoms with Crippen molar-refractivity contribution in [2.24, 2.45) is 5.92 Å². The Morgan fingerprint density at radius 1 is 0.376 bits per heavy atom. The molecule has 0 aliphatic carbocycles. The highest BCUT2D eigenvalue weighted by atomic mass is 16.5. The molecule has 0 unspecified atom stereocenters. The zero-order valence-corrected chi connectivity index (χ0v) is 52.7. The number of unbranched alkanes of at least 4 members (excludes halogenated alkanes) is 1. The van der Waals surface area contributed by atoms with Gasteiger partial charge in [-0.05, 0) is 227 Å². The van der Waals surface area contributed by atoms with Crippen LogP contribution in [0.15, 0.2) is 188 Å². The van der Waals surface area contributed by atoms with Gasteiger partial charge in [0.05, 0.1) is 58.3 Å². The summed E-state index contributed by atoms with van der Waals surface area (Å²) in [5.74, 6) is -3.09. The average molecular weight is 1280 g/mol. The molecule has 0 spiro atoms. The van der Waals surface area contributed by atoms with E-state index in [1.165, 1.54) is 158 Å². The lowest BCUT2D eigenvalue weighted by molar-refractivity contribution is 0.0375. The van der Waals surface area contributed by atoms with Crippen LogP contribution in [0.25, 0.3) is 0 Å². The van der Waals surface area contributed by atoms with E-state index >= 15 is 0 Å². The SMILES string of the molecule is CC(C)Cc1cc(O)ccc1C(=O)O.CC(C)OC(=O)c1ccc(O)cc1.CCCCc1cc(O)ccc1C(=O)O.CCCOC(=O)c1ccc(O)cc1.CCOC(=O)c1ccc(O)cc1.O=C(O)c1ccc(O)cc1.O=C(OCc1ccccc1)c1ccc(O)cc1. The van der Waals surface area contributed by atoms with Gasteiger partial charge in [0.25, 0.3) is 0 Å². The molecule has 0 aliphatic heterocycles. The summed E-state index contributed by atoms with van der Waals surface area (Å²) in [7, 11) is 0. The molecule has 0 atom stereocenters. The van der Waals surface area contributed by atoms with Crippen LogP contribution in [-0.4, -0.2) is 112 Å². The molecule has 0 aliphatic rings. The highest BCUT2D eigenvalue weighted by Gasteiger charge is 2.14. The second-order valence-corrected chi connectivity index (χ2v) is 20.4. The van der Waals surface area contributed by atoms with Crippen LogP contribution in [0.1, 0.15) is 157 Å². The molecule has 21 nitrogen and oxygen atoms in total. The lowest BCUT2D eigenvalue weighted by Crippen LogP contribution is -2.11. The van der Waals surface area contributed by atoms with Crippen LogP contribution in [0.4, 0.5) is 0 Å². The van der Waals surface area contributed by atoms with Crippen molar-refractivity contribution in [3.63, 3.8) is 0 Å². The largest absolute Gasteiger partial charge is 0.508 e. The molecular formula is C72H80O21. The molecule has 0 saturated carbocycles. The van der Waals surface area contributed by atoms with Crippen LogP contribution < -0.4 is 0 Å². The van der Waals surface area contributed by atoms with Gasteiger partial charge in [0.1, 0.15) is 46.9 Å². The van der Waals surface area contributed by atoms with Gasteiger partial charge in [-0.1, -0.05) is 64.4 Å². The number of aromatic hydroxyl groups is 7. The first-order valence-corrected chi connectivity index (χ1v) is 29.2. The first-order chi connectivity index (χ1) is 44.2. The summed E-state index contributed by atoms with van der Waals surface area (Å²) in [6, 6.07) is 47.4. The van der Waals surface area contributed by atoms with Crippen molar-refractivity contribution in [3.8, 4) is 40.2 Å². The Morgan fingerprint density at radius 3 is 1.09 bits per heavy atom. The number of phenolic OH excluding ortho intramolecular Hbond substituents is 7. The number of benzene rings is 8. The van der Waals surface area contributed by atoms with Gasteiger partial charge < -0.3 is 70.0 Å². The average Bonchev–Trinajstić information content (AvgIpc) is 3.50. The van der Waals surface area contributed by atoms with Crippen molar-refractivity contribution in [1.82, 2.24) is 0 Å². The minimum absolute atomic E-state index is 0.0741. The van der Waals surface area contributed by atoms with E-state index in [9.17, 15) is 43.8 Å². The molecule has 0 bridgehead atoms. The summed E-state index contributed by atoms with van der Waals surface area (Å²) in [4.78, 5) is 77.0. The molecule has 0 heterocycles. The highest BCUT2D eigenvalue weighted by Crippen LogP contribution is 2.22. The Balaban J connectivity index is 0.000000371. The number of hydrogen-bond donors (Lipinski definition) is 10. The summed E-state index contributed by atoms with van der Waals surface area (Å²) in [5.41, 5.74) is 4.88. The molecule has 0 fully saturated rings. The maximum atomic E-state index is 11.6. The molecule has 93 heavy (non-hydrogen) atoms. The van der Waals surface area contributed by atoms with E-state index in [-0.39, 0.29) is 87.6 Å². The number of carbonyl (C=O) groups excluding carboxylic acids is 4. The van der Waals surface area contributed by atoms with Gasteiger partial charge in [-0.25, -0.2) is 33.6 Å². The Morgan fingerprint density at radius 2 is 0.731 bits per heavy atom. The normalized spacial score (nSPS) is 9.86. The van der Waals surface area contributed by atoms with Crippen LogP contribution in [0.3, 0.4) is 0 Å². The van der Waals surface area contributed by atoms with Crippen LogP contribution in [-0.2, 0) is 38.4 Å². The number of phenols is 7. The van der Waals surface area contributed by atoms with Crippen molar-refractivity contribution in [2.75, 3.05) is 13.2 Å². The predicted octanol–water partition coefficient (Wildman–Crippen LogP) is 14.0. The lowest BCUT2D eigenvalue weighted by atomic mass is 9.98. The Hall–Kier alpha value is -11.4. The molecule has 8 rings (SSSR count). The number of carbonyl (C=O) groups is 7. The van der Waals surface area contributed by atoms with E-state index in [1.54, 1.807) is 20.8 Å². The fraction of sp³-hybridized carbons (Fsp3) is 0.236. The summed E-state index contributed by atoms with van der Waals surface area (Å²) < 4.78 is 19.7. The molecule has 10 N–H and O–H groups in total. The molecule has 0 aromatic heterocycles. The molecule has 21 heteroatoms. The van der Waals surface area contributed by atoms with Gasteiger partial charge in [0, 0.05) is 0 Å². The fourth-order valence-corrected chi connectivity index (χ4v) is 7.34. The van der Waals surface area contributed by atoms with Gasteiger partial charge >= 0.3 is 41.8 Å². The van der Waals surface area contributed by atoms with E-state index in [4.69, 9.17) is 59.8 Å². The van der Waals surface area contributed by atoms with Gasteiger partial charge in [0.2, 0.25) is 0 Å². The Bertz CT molecular complexity index is 3550. The van der Waals surface area contributed by atoms with Crippen molar-refractivity contribution in [1.29, 1.82) is 0 Å². The monoisotopic (exact) mass is 1280 g/mol. The molecule has 8 aromatic carbocycles. The van der Waals surface area contributed by atoms with Gasteiger partial charge in [-0.3, -0.25) is 0 Å². The fourth-order valence-electron chi connectivity index (χ4n) is 7.34. The van der Waals surface area contributed by atoms with E-state index in [1.807, 2.05) is 58.0 Å². The molecule has 0 radical (unpaired) electrons. The molecule has 0 amide bonds. The number of carboxylic acids is 3. The summed E-state index contributed by atoms with van der Waals surface area (Å²) in [6.45, 7) is 14.4. The van der Waals surface area contributed by atoms with E-state index < -0.39 is 23.9 Å². The van der Waals surface area contributed by atoms with Gasteiger partial charge in [0.15, 0.2) is 0 Å². The summed E-state index contributed by atoms with van der Waals surface area (Å²) in [6.07, 6.45) is 3.99. The van der Waals surface area contributed by atoms with Crippen LogP contribution in [0.2, 0.25) is 0 Å². The number of ether oxygens (including phenoxy) is 4. The van der Waals surface area contributed by atoms with E-state index in [2.05, 4.69) is 0 Å². The number of aromatic carboxylic acids is 3. The van der Waals surface area contributed by atoms with Crippen molar-refractivity contribution < 1.29 is 104 Å². The Kier molecular flexibility index (Phi) is 35.6.